The van der Waals surface area contributed by atoms with Gasteiger partial charge < -0.3 is 10.0 Å². The first-order valence-corrected chi connectivity index (χ1v) is 5.71. The number of nitriles is 1. The smallest absolute Gasteiger partial charge is 0.143 e. The molecule has 3 nitrogen and oxygen atoms in total. The van der Waals surface area contributed by atoms with Crippen molar-refractivity contribution in [2.75, 3.05) is 25.1 Å². The molecule has 0 saturated heterocycles. The van der Waals surface area contributed by atoms with Crippen LogP contribution in [0.25, 0.3) is 0 Å². The first kappa shape index (κ1) is 13.5. The lowest BCUT2D eigenvalue weighted by Gasteiger charge is -2.20. The van der Waals surface area contributed by atoms with Crippen LogP contribution in [0, 0.1) is 17.1 Å². The minimum Gasteiger partial charge on any atom is -0.396 e. The highest BCUT2D eigenvalue weighted by molar-refractivity contribution is 5.59. The SMILES string of the molecule is CN(CCCCCO)c1cccc(F)c1C#N. The van der Waals surface area contributed by atoms with Gasteiger partial charge in [-0.3, -0.25) is 0 Å². The molecular weight excluding hydrogens is 219 g/mol. The zero-order chi connectivity index (χ0) is 12.7. The number of benzene rings is 1. The Morgan fingerprint density at radius 2 is 2.12 bits per heavy atom. The van der Waals surface area contributed by atoms with Crippen LogP contribution in [-0.4, -0.2) is 25.3 Å². The van der Waals surface area contributed by atoms with Crippen molar-refractivity contribution in [1.29, 1.82) is 5.26 Å². The lowest BCUT2D eigenvalue weighted by molar-refractivity contribution is 0.283. The van der Waals surface area contributed by atoms with Gasteiger partial charge in [0.1, 0.15) is 17.4 Å². The molecule has 92 valence electrons. The fourth-order valence-electron chi connectivity index (χ4n) is 1.70. The number of aliphatic hydroxyl groups is 1. The number of hydrogen-bond acceptors (Lipinski definition) is 3. The summed E-state index contributed by atoms with van der Waals surface area (Å²) in [5.41, 5.74) is 0.716. The van der Waals surface area contributed by atoms with Crippen LogP contribution in [0.5, 0.6) is 0 Å². The summed E-state index contributed by atoms with van der Waals surface area (Å²) in [4.78, 5) is 1.87. The number of nitrogens with zero attached hydrogens (tertiary/aromatic N) is 2. The fourth-order valence-corrected chi connectivity index (χ4v) is 1.70. The molecule has 0 aliphatic carbocycles. The van der Waals surface area contributed by atoms with Gasteiger partial charge in [0.05, 0.1) is 5.69 Å². The summed E-state index contributed by atoms with van der Waals surface area (Å²) in [5.74, 6) is -0.479. The van der Waals surface area contributed by atoms with Crippen molar-refractivity contribution >= 4 is 5.69 Å². The average Bonchev–Trinajstić information content (AvgIpc) is 2.34. The van der Waals surface area contributed by atoms with E-state index in [2.05, 4.69) is 0 Å². The number of rotatable bonds is 6. The van der Waals surface area contributed by atoms with Gasteiger partial charge >= 0.3 is 0 Å². The molecule has 0 aliphatic rings. The Morgan fingerprint density at radius 1 is 1.35 bits per heavy atom. The normalized spacial score (nSPS) is 10.0. The van der Waals surface area contributed by atoms with Gasteiger partial charge in [-0.25, -0.2) is 4.39 Å². The van der Waals surface area contributed by atoms with Crippen LogP contribution in [0.3, 0.4) is 0 Å². The molecule has 4 heteroatoms. The quantitative estimate of drug-likeness (QED) is 0.771. The van der Waals surface area contributed by atoms with Gasteiger partial charge in [0.15, 0.2) is 0 Å². The second kappa shape index (κ2) is 6.87. The second-order valence-electron chi connectivity index (χ2n) is 3.95. The van der Waals surface area contributed by atoms with E-state index in [0.717, 1.165) is 25.8 Å². The van der Waals surface area contributed by atoms with Crippen molar-refractivity contribution in [1.82, 2.24) is 0 Å². The molecule has 0 unspecified atom stereocenters. The lowest BCUT2D eigenvalue weighted by Crippen LogP contribution is -2.20. The van der Waals surface area contributed by atoms with Gasteiger partial charge in [-0.1, -0.05) is 6.07 Å². The number of halogens is 1. The summed E-state index contributed by atoms with van der Waals surface area (Å²) in [7, 11) is 1.84. The van der Waals surface area contributed by atoms with Gasteiger partial charge in [-0.2, -0.15) is 5.26 Å². The highest BCUT2D eigenvalue weighted by Gasteiger charge is 2.10. The van der Waals surface area contributed by atoms with Crippen molar-refractivity contribution in [3.05, 3.63) is 29.6 Å². The van der Waals surface area contributed by atoms with E-state index in [-0.39, 0.29) is 12.2 Å². The summed E-state index contributed by atoms with van der Waals surface area (Å²) in [5, 5.41) is 17.6. The van der Waals surface area contributed by atoms with E-state index < -0.39 is 5.82 Å². The monoisotopic (exact) mass is 236 g/mol. The third kappa shape index (κ3) is 3.72. The number of anilines is 1. The molecule has 0 amide bonds. The van der Waals surface area contributed by atoms with Gasteiger partial charge in [0.2, 0.25) is 0 Å². The second-order valence-corrected chi connectivity index (χ2v) is 3.95. The van der Waals surface area contributed by atoms with Crippen molar-refractivity contribution < 1.29 is 9.50 Å². The van der Waals surface area contributed by atoms with Gasteiger partial charge in [0.25, 0.3) is 0 Å². The van der Waals surface area contributed by atoms with Crippen LogP contribution < -0.4 is 4.90 Å². The van der Waals surface area contributed by atoms with E-state index in [1.807, 2.05) is 18.0 Å². The molecule has 0 bridgehead atoms. The molecule has 1 aromatic carbocycles. The molecule has 0 saturated carbocycles. The Balaban J connectivity index is 2.66. The summed E-state index contributed by atoms with van der Waals surface area (Å²) < 4.78 is 13.4. The zero-order valence-electron chi connectivity index (χ0n) is 9.99. The predicted octanol–water partition coefficient (Wildman–Crippen LogP) is 2.30. The van der Waals surface area contributed by atoms with Crippen LogP contribution in [0.15, 0.2) is 18.2 Å². The van der Waals surface area contributed by atoms with Crippen molar-refractivity contribution in [3.63, 3.8) is 0 Å². The van der Waals surface area contributed by atoms with Crippen LogP contribution in [0.4, 0.5) is 10.1 Å². The molecule has 0 spiro atoms. The molecule has 0 heterocycles. The molecule has 0 aromatic heterocycles. The minimum absolute atomic E-state index is 0.0946. The fraction of sp³-hybridized carbons (Fsp3) is 0.462. The van der Waals surface area contributed by atoms with Gasteiger partial charge in [-0.15, -0.1) is 0 Å². The highest BCUT2D eigenvalue weighted by Crippen LogP contribution is 2.21. The molecule has 0 aliphatic heterocycles. The predicted molar refractivity (Wildman–Crippen MR) is 65.3 cm³/mol. The maximum Gasteiger partial charge on any atom is 0.143 e. The Bertz CT molecular complexity index is 401. The summed E-state index contributed by atoms with van der Waals surface area (Å²) >= 11 is 0. The van der Waals surface area contributed by atoms with Crippen LogP contribution in [0.2, 0.25) is 0 Å². The molecule has 0 fully saturated rings. The first-order chi connectivity index (χ1) is 8.20. The highest BCUT2D eigenvalue weighted by atomic mass is 19.1. The molecular formula is C13H17FN2O. The Hall–Kier alpha value is -1.60. The maximum atomic E-state index is 13.4. The first-order valence-electron chi connectivity index (χ1n) is 5.71. The lowest BCUT2D eigenvalue weighted by atomic mass is 10.1. The Labute approximate surface area is 101 Å². The molecule has 17 heavy (non-hydrogen) atoms. The number of unbranched alkanes of at least 4 members (excludes halogenated alkanes) is 2. The third-order valence-corrected chi connectivity index (χ3v) is 2.67. The van der Waals surface area contributed by atoms with Crippen molar-refractivity contribution in [3.8, 4) is 6.07 Å². The maximum absolute atomic E-state index is 13.4. The minimum atomic E-state index is -0.479. The molecule has 1 aromatic rings. The van der Waals surface area contributed by atoms with E-state index in [0.29, 0.717) is 5.69 Å². The average molecular weight is 236 g/mol. The van der Waals surface area contributed by atoms with Crippen molar-refractivity contribution in [2.24, 2.45) is 0 Å². The molecule has 0 radical (unpaired) electrons. The molecule has 0 atom stereocenters. The largest absolute Gasteiger partial charge is 0.396 e. The van der Waals surface area contributed by atoms with E-state index >= 15 is 0 Å². The van der Waals surface area contributed by atoms with Crippen LogP contribution >= 0.6 is 0 Å². The summed E-state index contributed by atoms with van der Waals surface area (Å²) in [6, 6.07) is 6.53. The standard InChI is InChI=1S/C13H17FN2O/c1-16(8-3-2-4-9-17)13-7-5-6-12(14)11(13)10-15/h5-7,17H,2-4,8-9H2,1H3. The molecule has 1 rings (SSSR count). The van der Waals surface area contributed by atoms with E-state index in [9.17, 15) is 4.39 Å². The van der Waals surface area contributed by atoms with Crippen LogP contribution in [0.1, 0.15) is 24.8 Å². The van der Waals surface area contributed by atoms with Gasteiger partial charge in [-0.05, 0) is 31.4 Å². The zero-order valence-corrected chi connectivity index (χ0v) is 9.99. The van der Waals surface area contributed by atoms with Gasteiger partial charge in [0, 0.05) is 20.2 Å². The summed E-state index contributed by atoms with van der Waals surface area (Å²) in [6.45, 7) is 0.950. The third-order valence-electron chi connectivity index (χ3n) is 2.67. The topological polar surface area (TPSA) is 47.3 Å². The summed E-state index contributed by atoms with van der Waals surface area (Å²) in [6.07, 6.45) is 2.62. The molecule has 1 N–H and O–H groups in total. The Kier molecular flexibility index (Phi) is 5.44. The number of aliphatic hydroxyl groups excluding tert-OH is 1. The van der Waals surface area contributed by atoms with E-state index in [1.165, 1.54) is 6.07 Å². The van der Waals surface area contributed by atoms with Crippen LogP contribution in [-0.2, 0) is 0 Å². The van der Waals surface area contributed by atoms with E-state index in [1.54, 1.807) is 12.1 Å². The van der Waals surface area contributed by atoms with Crippen molar-refractivity contribution in [2.45, 2.75) is 19.3 Å². The Morgan fingerprint density at radius 3 is 2.76 bits per heavy atom. The van der Waals surface area contributed by atoms with E-state index in [4.69, 9.17) is 10.4 Å². The number of hydrogen-bond donors (Lipinski definition) is 1.